The van der Waals surface area contributed by atoms with Crippen molar-refractivity contribution >= 4 is 11.7 Å². The number of benzene rings is 2. The third-order valence-electron chi connectivity index (χ3n) is 6.94. The molecule has 3 aromatic rings. The fourth-order valence-corrected chi connectivity index (χ4v) is 4.44. The fourth-order valence-electron chi connectivity index (χ4n) is 4.44. The van der Waals surface area contributed by atoms with Crippen LogP contribution < -0.4 is 19.7 Å². The van der Waals surface area contributed by atoms with E-state index in [1.165, 1.54) is 24.9 Å². The van der Waals surface area contributed by atoms with E-state index in [0.717, 1.165) is 54.8 Å². The molecule has 1 saturated heterocycles. The normalized spacial score (nSPS) is 17.8. The van der Waals surface area contributed by atoms with E-state index in [2.05, 4.69) is 44.5 Å². The number of aromatic nitrogens is 2. The molecule has 0 bridgehead atoms. The molecule has 1 N–H and O–H groups in total. The number of nitrogens with zero attached hydrogens (tertiary/aromatic N) is 4. The van der Waals surface area contributed by atoms with Crippen LogP contribution in [0.5, 0.6) is 11.5 Å². The number of anilines is 1. The zero-order valence-corrected chi connectivity index (χ0v) is 21.5. The highest BCUT2D eigenvalue weighted by Gasteiger charge is 2.25. The zero-order valence-electron chi connectivity index (χ0n) is 21.5. The van der Waals surface area contributed by atoms with Crippen molar-refractivity contribution < 1.29 is 14.3 Å². The predicted octanol–water partition coefficient (Wildman–Crippen LogP) is 4.83. The van der Waals surface area contributed by atoms with Crippen molar-refractivity contribution in [1.82, 2.24) is 20.2 Å². The van der Waals surface area contributed by atoms with Gasteiger partial charge in [0.1, 0.15) is 23.9 Å². The second-order valence-electron chi connectivity index (χ2n) is 10.0. The van der Waals surface area contributed by atoms with Crippen LogP contribution in [0, 0.1) is 5.92 Å². The van der Waals surface area contributed by atoms with E-state index in [1.54, 1.807) is 24.2 Å². The summed E-state index contributed by atoms with van der Waals surface area (Å²) in [7, 11) is 1.75. The molecule has 5 rings (SSSR count). The van der Waals surface area contributed by atoms with Gasteiger partial charge in [-0.25, -0.2) is 14.8 Å². The second kappa shape index (κ2) is 11.5. The molecule has 1 aliphatic heterocycles. The first-order valence-electron chi connectivity index (χ1n) is 13.0. The van der Waals surface area contributed by atoms with Gasteiger partial charge in [-0.3, -0.25) is 0 Å². The van der Waals surface area contributed by atoms with E-state index in [1.807, 2.05) is 31.2 Å². The SMILES string of the molecule is C[C@H](NC(=O)N(C)Cc1ccncn1)c1ccc(OC2CCN(c3ccc(OCC4CC4)cc3)C2)cc1. The van der Waals surface area contributed by atoms with Crippen molar-refractivity contribution in [3.05, 3.63) is 78.4 Å². The smallest absolute Gasteiger partial charge is 0.317 e. The molecule has 8 heteroatoms. The minimum atomic E-state index is -0.153. The molecule has 8 nitrogen and oxygen atoms in total. The molecule has 2 aromatic carbocycles. The van der Waals surface area contributed by atoms with Crippen molar-refractivity contribution in [3.63, 3.8) is 0 Å². The van der Waals surface area contributed by atoms with E-state index in [-0.39, 0.29) is 18.2 Å². The van der Waals surface area contributed by atoms with Crippen molar-refractivity contribution in [2.75, 3.05) is 31.6 Å². The molecule has 2 amide bonds. The van der Waals surface area contributed by atoms with Gasteiger partial charge in [-0.15, -0.1) is 0 Å². The Hall–Kier alpha value is -3.81. The number of nitrogens with one attached hydrogen (secondary N) is 1. The maximum Gasteiger partial charge on any atom is 0.317 e. The van der Waals surface area contributed by atoms with Crippen LogP contribution >= 0.6 is 0 Å². The van der Waals surface area contributed by atoms with Gasteiger partial charge in [-0.2, -0.15) is 0 Å². The molecule has 2 fully saturated rings. The summed E-state index contributed by atoms with van der Waals surface area (Å²) in [4.78, 5) is 24.6. The van der Waals surface area contributed by atoms with Crippen LogP contribution in [0.4, 0.5) is 10.5 Å². The van der Waals surface area contributed by atoms with E-state index >= 15 is 0 Å². The van der Waals surface area contributed by atoms with E-state index < -0.39 is 0 Å². The topological polar surface area (TPSA) is 79.8 Å². The lowest BCUT2D eigenvalue weighted by atomic mass is 10.1. The minimum absolute atomic E-state index is 0.132. The number of ether oxygens (including phenoxy) is 2. The average molecular weight is 502 g/mol. The number of hydrogen-bond acceptors (Lipinski definition) is 6. The standard InChI is InChI=1S/C29H35N5O3/c1-21(32-29(35)33(2)17-24-13-15-30-20-31-24)23-5-9-27(10-6-23)37-28-14-16-34(18-28)25-7-11-26(12-8-25)36-19-22-3-4-22/h5-13,15,20-22,28H,3-4,14,16-19H2,1-2H3,(H,32,35)/t21-,28?/m0/s1. The number of carbonyl (C=O) groups excluding carboxylic acids is 1. The van der Waals surface area contributed by atoms with Gasteiger partial charge in [-0.05, 0) is 73.7 Å². The van der Waals surface area contributed by atoms with Gasteiger partial charge < -0.3 is 24.6 Å². The maximum absolute atomic E-state index is 12.6. The molecule has 1 unspecified atom stereocenters. The fraction of sp³-hybridized carbons (Fsp3) is 0.414. The summed E-state index contributed by atoms with van der Waals surface area (Å²) in [5.41, 5.74) is 3.02. The molecule has 1 aliphatic carbocycles. The highest BCUT2D eigenvalue weighted by Crippen LogP contribution is 2.30. The predicted molar refractivity (Wildman–Crippen MR) is 143 cm³/mol. The first kappa shape index (κ1) is 24.9. The lowest BCUT2D eigenvalue weighted by Gasteiger charge is -2.22. The Morgan fingerprint density at radius 1 is 1.08 bits per heavy atom. The summed E-state index contributed by atoms with van der Waals surface area (Å²) in [6.07, 6.45) is 6.88. The van der Waals surface area contributed by atoms with Gasteiger partial charge in [0.25, 0.3) is 0 Å². The highest BCUT2D eigenvalue weighted by atomic mass is 16.5. The van der Waals surface area contributed by atoms with Gasteiger partial charge in [0, 0.05) is 31.9 Å². The molecule has 37 heavy (non-hydrogen) atoms. The quantitative estimate of drug-likeness (QED) is 0.429. The molecular weight excluding hydrogens is 466 g/mol. The molecule has 1 saturated carbocycles. The molecule has 194 valence electrons. The van der Waals surface area contributed by atoms with Gasteiger partial charge in [0.15, 0.2) is 0 Å². The van der Waals surface area contributed by atoms with Crippen molar-refractivity contribution in [1.29, 1.82) is 0 Å². The first-order chi connectivity index (χ1) is 18.0. The number of carbonyl (C=O) groups is 1. The Balaban J connectivity index is 1.08. The van der Waals surface area contributed by atoms with E-state index in [9.17, 15) is 4.79 Å². The zero-order chi connectivity index (χ0) is 25.6. The van der Waals surface area contributed by atoms with Crippen LogP contribution in [0.25, 0.3) is 0 Å². The lowest BCUT2D eigenvalue weighted by Crippen LogP contribution is -2.38. The summed E-state index contributed by atoms with van der Waals surface area (Å²) < 4.78 is 12.1. The number of hydrogen-bond donors (Lipinski definition) is 1. The molecule has 0 spiro atoms. The molecule has 2 heterocycles. The van der Waals surface area contributed by atoms with Crippen LogP contribution in [-0.4, -0.2) is 53.7 Å². The van der Waals surface area contributed by atoms with Gasteiger partial charge in [0.2, 0.25) is 0 Å². The van der Waals surface area contributed by atoms with E-state index in [4.69, 9.17) is 9.47 Å². The average Bonchev–Trinajstić information content (AvgIpc) is 3.65. The Morgan fingerprint density at radius 2 is 1.84 bits per heavy atom. The molecule has 1 aromatic heterocycles. The number of urea groups is 1. The molecule has 2 aliphatic rings. The van der Waals surface area contributed by atoms with Crippen molar-refractivity contribution in [2.45, 2.75) is 44.9 Å². The molecule has 0 radical (unpaired) electrons. The summed E-state index contributed by atoms with van der Waals surface area (Å²) in [6.45, 7) is 5.06. The summed E-state index contributed by atoms with van der Waals surface area (Å²) >= 11 is 0. The van der Waals surface area contributed by atoms with Crippen LogP contribution in [0.1, 0.15) is 43.5 Å². The largest absolute Gasteiger partial charge is 0.493 e. The van der Waals surface area contributed by atoms with Crippen molar-refractivity contribution in [2.24, 2.45) is 5.92 Å². The first-order valence-corrected chi connectivity index (χ1v) is 13.0. The third kappa shape index (κ3) is 6.90. The Bertz CT molecular complexity index is 1150. The third-order valence-corrected chi connectivity index (χ3v) is 6.94. The Labute approximate surface area is 218 Å². The molecule has 2 atom stereocenters. The summed E-state index contributed by atoms with van der Waals surface area (Å²) in [5.74, 6) is 2.55. The van der Waals surface area contributed by atoms with Gasteiger partial charge in [0.05, 0.1) is 31.4 Å². The van der Waals surface area contributed by atoms with Gasteiger partial charge in [-0.1, -0.05) is 12.1 Å². The van der Waals surface area contributed by atoms with Crippen LogP contribution in [0.2, 0.25) is 0 Å². The summed E-state index contributed by atoms with van der Waals surface area (Å²) in [5, 5.41) is 3.04. The maximum atomic E-state index is 12.6. The monoisotopic (exact) mass is 501 g/mol. The number of rotatable bonds is 10. The van der Waals surface area contributed by atoms with E-state index in [0.29, 0.717) is 6.54 Å². The van der Waals surface area contributed by atoms with Crippen molar-refractivity contribution in [3.8, 4) is 11.5 Å². The Kier molecular flexibility index (Phi) is 7.73. The second-order valence-corrected chi connectivity index (χ2v) is 10.0. The minimum Gasteiger partial charge on any atom is -0.493 e. The number of amides is 2. The highest BCUT2D eigenvalue weighted by molar-refractivity contribution is 5.74. The molecular formula is C29H35N5O3. The lowest BCUT2D eigenvalue weighted by molar-refractivity contribution is 0.203. The summed E-state index contributed by atoms with van der Waals surface area (Å²) in [6, 6.07) is 17.9. The Morgan fingerprint density at radius 3 is 2.54 bits per heavy atom. The van der Waals surface area contributed by atoms with Crippen LogP contribution in [0.3, 0.4) is 0 Å². The van der Waals surface area contributed by atoms with Gasteiger partial charge >= 0.3 is 6.03 Å². The van der Waals surface area contributed by atoms with Crippen LogP contribution in [-0.2, 0) is 6.54 Å². The van der Waals surface area contributed by atoms with Crippen LogP contribution in [0.15, 0.2) is 67.1 Å².